The molecule has 0 saturated carbocycles. The molecule has 0 aliphatic heterocycles. The van der Waals surface area contributed by atoms with E-state index in [1.54, 1.807) is 7.11 Å². The van der Waals surface area contributed by atoms with E-state index in [0.29, 0.717) is 37.7 Å². The number of rotatable bonds is 11. The Morgan fingerprint density at radius 1 is 0.972 bits per heavy atom. The zero-order valence-electron chi connectivity index (χ0n) is 20.9. The third kappa shape index (κ3) is 6.13. The summed E-state index contributed by atoms with van der Waals surface area (Å²) in [4.78, 5) is 17.4. The molecule has 1 atom stereocenters. The smallest absolute Gasteiger partial charge is 0.313 e. The largest absolute Gasteiger partial charge is 0.496 e. The number of hydrogen-bond acceptors (Lipinski definition) is 6. The van der Waals surface area contributed by atoms with Gasteiger partial charge >= 0.3 is 5.97 Å². The van der Waals surface area contributed by atoms with Crippen molar-refractivity contribution in [3.05, 3.63) is 101 Å². The lowest BCUT2D eigenvalue weighted by molar-refractivity contribution is -0.145. The number of ether oxygens (including phenoxy) is 3. The van der Waals surface area contributed by atoms with Crippen LogP contribution in [-0.2, 0) is 22.4 Å². The molecule has 3 aromatic carbocycles. The van der Waals surface area contributed by atoms with Crippen molar-refractivity contribution in [1.82, 2.24) is 4.98 Å². The fourth-order valence-electron chi connectivity index (χ4n) is 4.10. The molecule has 1 heterocycles. The van der Waals surface area contributed by atoms with E-state index in [1.807, 2.05) is 92.7 Å². The summed E-state index contributed by atoms with van der Waals surface area (Å²) < 4.78 is 22.6. The predicted octanol–water partition coefficient (Wildman–Crippen LogP) is 6.17. The van der Waals surface area contributed by atoms with Crippen molar-refractivity contribution in [3.63, 3.8) is 0 Å². The fraction of sp³-hybridized carbons (Fsp3) is 0.267. The molecule has 4 aromatic rings. The fourth-order valence-corrected chi connectivity index (χ4v) is 4.10. The molecule has 1 unspecified atom stereocenters. The summed E-state index contributed by atoms with van der Waals surface area (Å²) in [5.74, 6) is 2.14. The highest BCUT2D eigenvalue weighted by molar-refractivity contribution is 5.79. The number of esters is 1. The van der Waals surface area contributed by atoms with Crippen molar-refractivity contribution in [2.75, 3.05) is 20.3 Å². The molecule has 36 heavy (non-hydrogen) atoms. The van der Waals surface area contributed by atoms with Gasteiger partial charge in [0.15, 0.2) is 0 Å². The van der Waals surface area contributed by atoms with Crippen molar-refractivity contribution in [1.29, 1.82) is 0 Å². The van der Waals surface area contributed by atoms with Crippen LogP contribution in [0.2, 0.25) is 0 Å². The van der Waals surface area contributed by atoms with E-state index in [9.17, 15) is 4.79 Å². The summed E-state index contributed by atoms with van der Waals surface area (Å²) in [6, 6.07) is 25.2. The molecule has 0 N–H and O–H groups in total. The van der Waals surface area contributed by atoms with Crippen LogP contribution < -0.4 is 9.47 Å². The number of oxazole rings is 1. The van der Waals surface area contributed by atoms with Crippen LogP contribution in [-0.4, -0.2) is 31.3 Å². The van der Waals surface area contributed by atoms with Crippen LogP contribution >= 0.6 is 0 Å². The van der Waals surface area contributed by atoms with Crippen LogP contribution in [0, 0.1) is 6.92 Å². The highest BCUT2D eigenvalue weighted by atomic mass is 16.5. The minimum Gasteiger partial charge on any atom is -0.496 e. The quantitative estimate of drug-likeness (QED) is 0.237. The van der Waals surface area contributed by atoms with Crippen LogP contribution in [0.5, 0.6) is 11.5 Å². The summed E-state index contributed by atoms with van der Waals surface area (Å²) in [5, 5.41) is 0. The van der Waals surface area contributed by atoms with E-state index in [0.717, 1.165) is 33.9 Å². The van der Waals surface area contributed by atoms with Crippen molar-refractivity contribution < 1.29 is 23.4 Å². The van der Waals surface area contributed by atoms with Crippen molar-refractivity contribution >= 4 is 5.97 Å². The van der Waals surface area contributed by atoms with E-state index in [1.165, 1.54) is 0 Å². The molecule has 6 heteroatoms. The molecule has 4 rings (SSSR count). The van der Waals surface area contributed by atoms with Gasteiger partial charge in [0.1, 0.15) is 17.3 Å². The second-order valence-electron chi connectivity index (χ2n) is 8.38. The van der Waals surface area contributed by atoms with Crippen LogP contribution in [0.3, 0.4) is 0 Å². The second kappa shape index (κ2) is 12.1. The van der Waals surface area contributed by atoms with Crippen LogP contribution in [0.4, 0.5) is 0 Å². The number of aryl methyl sites for hydroxylation is 1. The minimum absolute atomic E-state index is 0.264. The Morgan fingerprint density at radius 3 is 2.42 bits per heavy atom. The Kier molecular flexibility index (Phi) is 8.40. The molecule has 1 aromatic heterocycles. The number of nitrogens with zero attached hydrogens (tertiary/aromatic N) is 1. The molecule has 0 spiro atoms. The molecule has 0 aliphatic rings. The molecule has 0 bridgehead atoms. The number of methoxy groups -OCH3 is 1. The van der Waals surface area contributed by atoms with Crippen LogP contribution in [0.15, 0.2) is 83.3 Å². The van der Waals surface area contributed by atoms with Gasteiger partial charge in [-0.15, -0.1) is 0 Å². The van der Waals surface area contributed by atoms with E-state index in [2.05, 4.69) is 4.98 Å². The summed E-state index contributed by atoms with van der Waals surface area (Å²) >= 11 is 0. The number of hydrogen-bond donors (Lipinski definition) is 0. The maximum absolute atomic E-state index is 12.8. The van der Waals surface area contributed by atoms with Crippen molar-refractivity contribution in [2.24, 2.45) is 0 Å². The van der Waals surface area contributed by atoms with E-state index in [-0.39, 0.29) is 5.97 Å². The van der Waals surface area contributed by atoms with E-state index >= 15 is 0 Å². The summed E-state index contributed by atoms with van der Waals surface area (Å²) in [5.41, 5.74) is 3.67. The zero-order chi connectivity index (χ0) is 25.3. The summed E-state index contributed by atoms with van der Waals surface area (Å²) in [6.45, 7) is 4.54. The van der Waals surface area contributed by atoms with Gasteiger partial charge in [-0.3, -0.25) is 4.79 Å². The maximum atomic E-state index is 12.8. The Labute approximate surface area is 211 Å². The Morgan fingerprint density at radius 2 is 1.69 bits per heavy atom. The van der Waals surface area contributed by atoms with Gasteiger partial charge in [-0.25, -0.2) is 4.98 Å². The van der Waals surface area contributed by atoms with Gasteiger partial charge in [0.05, 0.1) is 31.9 Å². The standard InChI is InChI=1S/C30H31NO5/c1-4-34-30(32)26(25-12-8-9-13-28(25)33-3)20-22-14-16-24(17-15-22)35-19-18-27-21(2)36-29(31-27)23-10-6-5-7-11-23/h5-17,26H,4,18-20H2,1-3H3. The first-order chi connectivity index (χ1) is 17.6. The number of para-hydroxylation sites is 1. The third-order valence-corrected chi connectivity index (χ3v) is 5.97. The van der Waals surface area contributed by atoms with Crippen molar-refractivity contribution in [3.8, 4) is 23.0 Å². The Bertz CT molecular complexity index is 1260. The van der Waals surface area contributed by atoms with Crippen molar-refractivity contribution in [2.45, 2.75) is 32.6 Å². The second-order valence-corrected chi connectivity index (χ2v) is 8.38. The minimum atomic E-state index is -0.457. The Balaban J connectivity index is 1.38. The molecule has 0 amide bonds. The van der Waals surface area contributed by atoms with Gasteiger partial charge < -0.3 is 18.6 Å². The summed E-state index contributed by atoms with van der Waals surface area (Å²) in [6.07, 6.45) is 1.14. The molecule has 0 radical (unpaired) electrons. The highest BCUT2D eigenvalue weighted by Crippen LogP contribution is 2.31. The SMILES string of the molecule is CCOC(=O)C(Cc1ccc(OCCc2nc(-c3ccccc3)oc2C)cc1)c1ccccc1OC. The lowest BCUT2D eigenvalue weighted by atomic mass is 9.91. The average molecular weight is 486 g/mol. The molecule has 0 saturated heterocycles. The Hall–Kier alpha value is -4.06. The summed E-state index contributed by atoms with van der Waals surface area (Å²) in [7, 11) is 1.61. The van der Waals surface area contributed by atoms with Crippen LogP contribution in [0.1, 0.15) is 35.4 Å². The number of benzene rings is 3. The first-order valence-corrected chi connectivity index (χ1v) is 12.1. The van der Waals surface area contributed by atoms with Crippen LogP contribution in [0.25, 0.3) is 11.5 Å². The van der Waals surface area contributed by atoms with Gasteiger partial charge in [0, 0.05) is 17.5 Å². The number of carbonyl (C=O) groups is 1. The highest BCUT2D eigenvalue weighted by Gasteiger charge is 2.25. The third-order valence-electron chi connectivity index (χ3n) is 5.97. The topological polar surface area (TPSA) is 70.8 Å². The van der Waals surface area contributed by atoms with Gasteiger partial charge in [0.25, 0.3) is 0 Å². The molecular formula is C30H31NO5. The lowest BCUT2D eigenvalue weighted by Gasteiger charge is -2.19. The number of aromatic nitrogens is 1. The molecule has 0 aliphatic carbocycles. The normalized spacial score (nSPS) is 11.6. The van der Waals surface area contributed by atoms with Gasteiger partial charge in [-0.05, 0) is 56.2 Å². The molecular weight excluding hydrogens is 454 g/mol. The first-order valence-electron chi connectivity index (χ1n) is 12.1. The average Bonchev–Trinajstić information content (AvgIpc) is 3.29. The zero-order valence-corrected chi connectivity index (χ0v) is 20.9. The molecule has 0 fully saturated rings. The van der Waals surface area contributed by atoms with E-state index < -0.39 is 5.92 Å². The lowest BCUT2D eigenvalue weighted by Crippen LogP contribution is -2.19. The predicted molar refractivity (Wildman–Crippen MR) is 138 cm³/mol. The molecule has 186 valence electrons. The van der Waals surface area contributed by atoms with Gasteiger partial charge in [0.2, 0.25) is 5.89 Å². The molecule has 6 nitrogen and oxygen atoms in total. The monoisotopic (exact) mass is 485 g/mol. The number of carbonyl (C=O) groups excluding carboxylic acids is 1. The maximum Gasteiger partial charge on any atom is 0.313 e. The van der Waals surface area contributed by atoms with Gasteiger partial charge in [-0.1, -0.05) is 48.5 Å². The first kappa shape index (κ1) is 25.0. The van der Waals surface area contributed by atoms with Gasteiger partial charge in [-0.2, -0.15) is 0 Å². The van der Waals surface area contributed by atoms with E-state index in [4.69, 9.17) is 18.6 Å².